The quantitative estimate of drug-likeness (QED) is 0.715. The van der Waals surface area contributed by atoms with Crippen LogP contribution in [-0.4, -0.2) is 40.1 Å². The second-order valence-corrected chi connectivity index (χ2v) is 7.00. The van der Waals surface area contributed by atoms with Gasteiger partial charge in [-0.05, 0) is 19.1 Å². The van der Waals surface area contributed by atoms with Crippen LogP contribution in [0.1, 0.15) is 29.1 Å². The van der Waals surface area contributed by atoms with Gasteiger partial charge in [-0.15, -0.1) is 0 Å². The van der Waals surface area contributed by atoms with Crippen LogP contribution >= 0.6 is 11.3 Å². The van der Waals surface area contributed by atoms with Crippen LogP contribution < -0.4 is 4.74 Å². The molecule has 0 unspecified atom stereocenters. The number of hydrogen-bond donors (Lipinski definition) is 0. The smallest absolute Gasteiger partial charge is 0.292 e. The number of aromatic nitrogens is 2. The lowest BCUT2D eigenvalue weighted by molar-refractivity contribution is 0.0558. The summed E-state index contributed by atoms with van der Waals surface area (Å²) in [5, 5.41) is 4.21. The summed E-state index contributed by atoms with van der Waals surface area (Å²) in [5.41, 5.74) is 1.03. The molecule has 0 aliphatic carbocycles. The van der Waals surface area contributed by atoms with Gasteiger partial charge in [0.15, 0.2) is 0 Å². The van der Waals surface area contributed by atoms with Crippen LogP contribution in [0.4, 0.5) is 4.39 Å². The molecule has 0 bridgehead atoms. The maximum atomic E-state index is 13.7. The fraction of sp³-hybridized carbons (Fsp3) is 0.353. The van der Waals surface area contributed by atoms with Gasteiger partial charge in [0, 0.05) is 32.0 Å². The highest BCUT2D eigenvalue weighted by atomic mass is 32.1. The molecular formula is C17H16FN3O3S. The Bertz CT molecular complexity index is 915. The van der Waals surface area contributed by atoms with Gasteiger partial charge in [-0.2, -0.15) is 4.98 Å². The Kier molecular flexibility index (Phi) is 4.12. The van der Waals surface area contributed by atoms with Gasteiger partial charge in [0.25, 0.3) is 11.1 Å². The number of halogens is 1. The van der Waals surface area contributed by atoms with E-state index in [1.165, 1.54) is 17.4 Å². The molecule has 1 amide bonds. The molecule has 2 aromatic heterocycles. The molecule has 3 heterocycles. The first kappa shape index (κ1) is 16.0. The topological polar surface area (TPSA) is 68.5 Å². The number of fused-ring (bicyclic) bond motifs is 1. The van der Waals surface area contributed by atoms with E-state index in [4.69, 9.17) is 9.26 Å². The number of piperidine rings is 1. The lowest BCUT2D eigenvalue weighted by Crippen LogP contribution is -2.41. The molecule has 1 saturated heterocycles. The van der Waals surface area contributed by atoms with Crippen molar-refractivity contribution in [1.29, 1.82) is 0 Å². The number of likely N-dealkylation sites (tertiary alicyclic amines) is 1. The summed E-state index contributed by atoms with van der Waals surface area (Å²) in [7, 11) is 0. The minimum Gasteiger partial charge on any atom is -0.467 e. The van der Waals surface area contributed by atoms with E-state index in [1.807, 2.05) is 6.07 Å². The summed E-state index contributed by atoms with van der Waals surface area (Å²) >= 11 is 1.33. The zero-order chi connectivity index (χ0) is 17.4. The van der Waals surface area contributed by atoms with Gasteiger partial charge in [-0.1, -0.05) is 22.6 Å². The Balaban J connectivity index is 1.38. The number of carbonyl (C=O) groups is 1. The molecule has 3 aromatic rings. The van der Waals surface area contributed by atoms with Crippen LogP contribution in [0.5, 0.6) is 5.19 Å². The SMILES string of the molecule is Cc1cc(C(=O)N2CCC(Oc3nc4c(F)cccc4s3)CC2)on1. The molecule has 1 aliphatic heterocycles. The lowest BCUT2D eigenvalue weighted by Gasteiger charge is -2.30. The van der Waals surface area contributed by atoms with Crippen molar-refractivity contribution in [3.63, 3.8) is 0 Å². The number of benzene rings is 1. The number of thiazole rings is 1. The lowest BCUT2D eigenvalue weighted by atomic mass is 10.1. The first-order valence-corrected chi connectivity index (χ1v) is 8.86. The van der Waals surface area contributed by atoms with Crippen LogP contribution in [0.3, 0.4) is 0 Å². The number of carbonyl (C=O) groups excluding carboxylic acids is 1. The summed E-state index contributed by atoms with van der Waals surface area (Å²) in [6.07, 6.45) is 1.35. The summed E-state index contributed by atoms with van der Waals surface area (Å²) in [5.74, 6) is -0.231. The van der Waals surface area contributed by atoms with Crippen molar-refractivity contribution in [3.8, 4) is 5.19 Å². The molecule has 0 saturated carbocycles. The highest BCUT2D eigenvalue weighted by Gasteiger charge is 2.27. The van der Waals surface area contributed by atoms with E-state index in [-0.39, 0.29) is 23.6 Å². The number of nitrogens with zero attached hydrogens (tertiary/aromatic N) is 3. The molecule has 0 spiro atoms. The third-order valence-corrected chi connectivity index (χ3v) is 5.10. The second-order valence-electron chi connectivity index (χ2n) is 6.01. The maximum Gasteiger partial charge on any atom is 0.292 e. The Labute approximate surface area is 147 Å². The minimum atomic E-state index is -0.341. The van der Waals surface area contributed by atoms with Crippen molar-refractivity contribution < 1.29 is 18.4 Å². The Morgan fingerprint density at radius 2 is 2.20 bits per heavy atom. The van der Waals surface area contributed by atoms with Gasteiger partial charge in [-0.25, -0.2) is 4.39 Å². The zero-order valence-corrected chi connectivity index (χ0v) is 14.4. The van der Waals surface area contributed by atoms with E-state index in [9.17, 15) is 9.18 Å². The molecule has 0 N–H and O–H groups in total. The van der Waals surface area contributed by atoms with Crippen LogP contribution in [0.2, 0.25) is 0 Å². The fourth-order valence-electron chi connectivity index (χ4n) is 2.88. The minimum absolute atomic E-state index is 0.0378. The van der Waals surface area contributed by atoms with E-state index in [0.29, 0.717) is 42.3 Å². The molecule has 8 heteroatoms. The third-order valence-electron chi connectivity index (χ3n) is 4.19. The predicted molar refractivity (Wildman–Crippen MR) is 90.4 cm³/mol. The van der Waals surface area contributed by atoms with Crippen molar-refractivity contribution in [2.45, 2.75) is 25.9 Å². The third kappa shape index (κ3) is 3.21. The molecule has 1 aromatic carbocycles. The average Bonchev–Trinajstić information content (AvgIpc) is 3.22. The van der Waals surface area contributed by atoms with E-state index >= 15 is 0 Å². The molecule has 4 rings (SSSR count). The summed E-state index contributed by atoms with van der Waals surface area (Å²) in [4.78, 5) is 18.3. The largest absolute Gasteiger partial charge is 0.467 e. The number of aryl methyl sites for hydroxylation is 1. The van der Waals surface area contributed by atoms with Gasteiger partial charge in [0.05, 0.1) is 10.4 Å². The molecule has 1 aliphatic rings. The standard InChI is InChI=1S/C17H16FN3O3S/c1-10-9-13(24-20-10)16(22)21-7-5-11(6-8-21)23-17-19-15-12(18)3-2-4-14(15)25-17/h2-4,9,11H,5-8H2,1H3. The molecule has 6 nitrogen and oxygen atoms in total. The van der Waals surface area contributed by atoms with Gasteiger partial charge in [-0.3, -0.25) is 4.79 Å². The van der Waals surface area contributed by atoms with Gasteiger partial charge in [0.1, 0.15) is 17.4 Å². The monoisotopic (exact) mass is 361 g/mol. The van der Waals surface area contributed by atoms with Crippen LogP contribution in [0, 0.1) is 12.7 Å². The maximum absolute atomic E-state index is 13.7. The highest BCUT2D eigenvalue weighted by molar-refractivity contribution is 7.20. The normalized spacial score (nSPS) is 15.7. The summed E-state index contributed by atoms with van der Waals surface area (Å²) < 4.78 is 25.4. The molecule has 0 radical (unpaired) electrons. The Morgan fingerprint density at radius 1 is 1.40 bits per heavy atom. The molecular weight excluding hydrogens is 345 g/mol. The summed E-state index contributed by atoms with van der Waals surface area (Å²) in [6, 6.07) is 6.51. The first-order valence-electron chi connectivity index (χ1n) is 8.04. The number of ether oxygens (including phenoxy) is 1. The molecule has 1 fully saturated rings. The van der Waals surface area contributed by atoms with E-state index in [0.717, 1.165) is 4.70 Å². The van der Waals surface area contributed by atoms with Gasteiger partial charge in [0.2, 0.25) is 5.76 Å². The Hall–Kier alpha value is -2.48. The summed E-state index contributed by atoms with van der Waals surface area (Å²) in [6.45, 7) is 2.92. The zero-order valence-electron chi connectivity index (χ0n) is 13.6. The first-order chi connectivity index (χ1) is 12.1. The molecule has 25 heavy (non-hydrogen) atoms. The second kappa shape index (κ2) is 6.44. The fourth-order valence-corrected chi connectivity index (χ4v) is 3.78. The number of amides is 1. The van der Waals surface area contributed by atoms with Crippen LogP contribution in [0.25, 0.3) is 10.2 Å². The average molecular weight is 361 g/mol. The number of hydrogen-bond acceptors (Lipinski definition) is 6. The van der Waals surface area contributed by atoms with Gasteiger partial charge < -0.3 is 14.2 Å². The van der Waals surface area contributed by atoms with Gasteiger partial charge >= 0.3 is 0 Å². The van der Waals surface area contributed by atoms with Crippen molar-refractivity contribution in [2.24, 2.45) is 0 Å². The molecule has 0 atom stereocenters. The Morgan fingerprint density at radius 3 is 2.88 bits per heavy atom. The van der Waals surface area contributed by atoms with Crippen LogP contribution in [-0.2, 0) is 0 Å². The van der Waals surface area contributed by atoms with E-state index in [2.05, 4.69) is 10.1 Å². The van der Waals surface area contributed by atoms with Crippen molar-refractivity contribution in [2.75, 3.05) is 13.1 Å². The number of rotatable bonds is 3. The van der Waals surface area contributed by atoms with Crippen LogP contribution in [0.15, 0.2) is 28.8 Å². The molecule has 130 valence electrons. The highest BCUT2D eigenvalue weighted by Crippen LogP contribution is 2.31. The van der Waals surface area contributed by atoms with E-state index < -0.39 is 0 Å². The van der Waals surface area contributed by atoms with Crippen molar-refractivity contribution in [1.82, 2.24) is 15.0 Å². The van der Waals surface area contributed by atoms with E-state index in [1.54, 1.807) is 24.0 Å². The number of para-hydroxylation sites is 1. The van der Waals surface area contributed by atoms with Crippen molar-refractivity contribution >= 4 is 27.5 Å². The predicted octanol–water partition coefficient (Wildman–Crippen LogP) is 3.42. The van der Waals surface area contributed by atoms with Crippen molar-refractivity contribution in [3.05, 3.63) is 41.5 Å².